The molecule has 5 rings (SSSR count). The molecule has 1 unspecified atom stereocenters. The fourth-order valence-electron chi connectivity index (χ4n) is 3.72. The summed E-state index contributed by atoms with van der Waals surface area (Å²) in [5, 5.41) is 8.13. The molecular formula is C26H22N4O3. The van der Waals surface area contributed by atoms with Crippen molar-refractivity contribution in [1.29, 1.82) is 0 Å². The summed E-state index contributed by atoms with van der Waals surface area (Å²) < 4.78 is 13.4. The Balaban J connectivity index is 1.35. The molecule has 164 valence electrons. The predicted molar refractivity (Wildman–Crippen MR) is 124 cm³/mol. The lowest BCUT2D eigenvalue weighted by atomic mass is 10.1. The number of benzene rings is 3. The van der Waals surface area contributed by atoms with E-state index in [2.05, 4.69) is 19.7 Å². The van der Waals surface area contributed by atoms with Crippen LogP contribution in [-0.4, -0.2) is 25.7 Å². The maximum atomic E-state index is 12.8. The highest BCUT2D eigenvalue weighted by Gasteiger charge is 2.21. The van der Waals surface area contributed by atoms with Crippen LogP contribution in [0.3, 0.4) is 0 Å². The van der Waals surface area contributed by atoms with Crippen molar-refractivity contribution < 1.29 is 13.9 Å². The quantitative estimate of drug-likeness (QED) is 0.332. The van der Waals surface area contributed by atoms with E-state index in [9.17, 15) is 4.79 Å². The van der Waals surface area contributed by atoms with E-state index < -0.39 is 12.1 Å². The standard InChI is InChI=1S/C26H22N4O3/c1-16-9-11-19(12-10-16)25-29-28-24(33-25)17(2)32-26(31)20-13-14-23-22(15-20)27-18(3)30(23)21-7-5-4-6-8-21/h4-15,17H,1-3H3. The fraction of sp³-hybridized carbons (Fsp3) is 0.154. The second kappa shape index (κ2) is 8.35. The third kappa shape index (κ3) is 4.01. The Hall–Kier alpha value is -4.26. The zero-order valence-electron chi connectivity index (χ0n) is 18.5. The average molecular weight is 438 g/mol. The molecule has 2 aromatic heterocycles. The lowest BCUT2D eigenvalue weighted by Crippen LogP contribution is -2.09. The first-order chi connectivity index (χ1) is 16.0. The van der Waals surface area contributed by atoms with Crippen LogP contribution in [0.2, 0.25) is 0 Å². The monoisotopic (exact) mass is 438 g/mol. The van der Waals surface area contributed by atoms with E-state index in [1.54, 1.807) is 19.1 Å². The Kier molecular flexibility index (Phi) is 5.22. The van der Waals surface area contributed by atoms with Gasteiger partial charge in [-0.05, 0) is 63.2 Å². The summed E-state index contributed by atoms with van der Waals surface area (Å²) in [5.74, 6) is 0.983. The molecule has 0 aliphatic rings. The molecule has 0 bridgehead atoms. The summed E-state index contributed by atoms with van der Waals surface area (Å²) in [6, 6.07) is 23.1. The van der Waals surface area contributed by atoms with E-state index in [1.807, 2.05) is 74.5 Å². The van der Waals surface area contributed by atoms with Gasteiger partial charge < -0.3 is 9.15 Å². The van der Waals surface area contributed by atoms with Gasteiger partial charge in [-0.15, -0.1) is 10.2 Å². The van der Waals surface area contributed by atoms with Crippen molar-refractivity contribution in [2.75, 3.05) is 0 Å². The summed E-state index contributed by atoms with van der Waals surface area (Å²) in [6.07, 6.45) is -0.691. The number of hydrogen-bond acceptors (Lipinski definition) is 6. The molecule has 0 aliphatic carbocycles. The number of aromatic nitrogens is 4. The molecule has 5 aromatic rings. The lowest BCUT2D eigenvalue weighted by Gasteiger charge is -2.10. The largest absolute Gasteiger partial charge is 0.449 e. The Morgan fingerprint density at radius 2 is 1.73 bits per heavy atom. The van der Waals surface area contributed by atoms with Crippen LogP contribution in [0, 0.1) is 13.8 Å². The lowest BCUT2D eigenvalue weighted by molar-refractivity contribution is 0.0280. The van der Waals surface area contributed by atoms with E-state index in [1.165, 1.54) is 0 Å². The zero-order chi connectivity index (χ0) is 22.9. The first-order valence-corrected chi connectivity index (χ1v) is 10.7. The molecule has 0 amide bonds. The predicted octanol–water partition coefficient (Wildman–Crippen LogP) is 5.61. The van der Waals surface area contributed by atoms with Gasteiger partial charge in [0.25, 0.3) is 5.89 Å². The number of esters is 1. The number of carbonyl (C=O) groups excluding carboxylic acids is 1. The third-order valence-corrected chi connectivity index (χ3v) is 5.44. The van der Waals surface area contributed by atoms with Crippen molar-refractivity contribution in [3.05, 3.63) is 95.6 Å². The Labute approximate surface area is 190 Å². The van der Waals surface area contributed by atoms with E-state index in [0.29, 0.717) is 11.5 Å². The Morgan fingerprint density at radius 1 is 0.970 bits per heavy atom. The first-order valence-electron chi connectivity index (χ1n) is 10.7. The van der Waals surface area contributed by atoms with Crippen molar-refractivity contribution >= 4 is 17.0 Å². The molecule has 1 atom stereocenters. The van der Waals surface area contributed by atoms with Crippen molar-refractivity contribution in [2.45, 2.75) is 26.9 Å². The number of carbonyl (C=O) groups is 1. The average Bonchev–Trinajstić information content (AvgIpc) is 3.44. The van der Waals surface area contributed by atoms with Crippen LogP contribution < -0.4 is 0 Å². The second-order valence-electron chi connectivity index (χ2n) is 7.89. The van der Waals surface area contributed by atoms with Gasteiger partial charge in [-0.2, -0.15) is 0 Å². The summed E-state index contributed by atoms with van der Waals surface area (Å²) >= 11 is 0. The number of nitrogens with zero attached hydrogens (tertiary/aromatic N) is 4. The van der Waals surface area contributed by atoms with Crippen molar-refractivity contribution in [3.8, 4) is 17.1 Å². The van der Waals surface area contributed by atoms with Gasteiger partial charge in [0, 0.05) is 11.3 Å². The van der Waals surface area contributed by atoms with Gasteiger partial charge in [0.15, 0.2) is 6.10 Å². The van der Waals surface area contributed by atoms with E-state index >= 15 is 0 Å². The number of para-hydroxylation sites is 1. The van der Waals surface area contributed by atoms with E-state index in [-0.39, 0.29) is 5.89 Å². The summed E-state index contributed by atoms with van der Waals surface area (Å²) in [6.45, 7) is 5.65. The molecule has 3 aromatic carbocycles. The first kappa shape index (κ1) is 20.6. The van der Waals surface area contributed by atoms with Gasteiger partial charge in [-0.3, -0.25) is 4.57 Å². The fourth-order valence-corrected chi connectivity index (χ4v) is 3.72. The van der Waals surface area contributed by atoms with Gasteiger partial charge in [-0.1, -0.05) is 35.9 Å². The van der Waals surface area contributed by atoms with Crippen LogP contribution in [0.5, 0.6) is 0 Å². The molecule has 2 heterocycles. The van der Waals surface area contributed by atoms with Gasteiger partial charge in [0.1, 0.15) is 5.82 Å². The van der Waals surface area contributed by atoms with Crippen LogP contribution in [0.4, 0.5) is 0 Å². The van der Waals surface area contributed by atoms with Crippen molar-refractivity contribution in [2.24, 2.45) is 0 Å². The van der Waals surface area contributed by atoms with Crippen molar-refractivity contribution in [1.82, 2.24) is 19.7 Å². The number of ether oxygens (including phenoxy) is 1. The van der Waals surface area contributed by atoms with Gasteiger partial charge in [0.05, 0.1) is 16.6 Å². The Bertz CT molecular complexity index is 1440. The van der Waals surface area contributed by atoms with Gasteiger partial charge >= 0.3 is 5.97 Å². The third-order valence-electron chi connectivity index (χ3n) is 5.44. The molecule has 0 saturated heterocycles. The van der Waals surface area contributed by atoms with Crippen LogP contribution in [0.15, 0.2) is 77.2 Å². The summed E-state index contributed by atoms with van der Waals surface area (Å²) in [5.41, 5.74) is 5.02. The minimum absolute atomic E-state index is 0.240. The minimum atomic E-state index is -0.691. The number of imidazole rings is 1. The Morgan fingerprint density at radius 3 is 2.48 bits per heavy atom. The van der Waals surface area contributed by atoms with Crippen LogP contribution in [0.1, 0.15) is 40.7 Å². The highest BCUT2D eigenvalue weighted by Crippen LogP contribution is 2.25. The van der Waals surface area contributed by atoms with Gasteiger partial charge in [-0.25, -0.2) is 9.78 Å². The number of rotatable bonds is 5. The van der Waals surface area contributed by atoms with E-state index in [0.717, 1.165) is 33.7 Å². The molecule has 0 radical (unpaired) electrons. The summed E-state index contributed by atoms with van der Waals surface area (Å²) in [4.78, 5) is 17.4. The minimum Gasteiger partial charge on any atom is -0.449 e. The number of fused-ring (bicyclic) bond motifs is 1. The number of aryl methyl sites for hydroxylation is 2. The molecular weight excluding hydrogens is 416 g/mol. The molecule has 7 nitrogen and oxygen atoms in total. The summed E-state index contributed by atoms with van der Waals surface area (Å²) in [7, 11) is 0. The van der Waals surface area contributed by atoms with Gasteiger partial charge in [0.2, 0.25) is 5.89 Å². The zero-order valence-corrected chi connectivity index (χ0v) is 18.5. The molecule has 0 spiro atoms. The van der Waals surface area contributed by atoms with Crippen molar-refractivity contribution in [3.63, 3.8) is 0 Å². The highest BCUT2D eigenvalue weighted by molar-refractivity contribution is 5.94. The molecule has 0 N–H and O–H groups in total. The van der Waals surface area contributed by atoms with E-state index in [4.69, 9.17) is 9.15 Å². The van der Waals surface area contributed by atoms with Crippen LogP contribution in [0.25, 0.3) is 28.2 Å². The van der Waals surface area contributed by atoms with Crippen LogP contribution >= 0.6 is 0 Å². The maximum Gasteiger partial charge on any atom is 0.338 e. The topological polar surface area (TPSA) is 83.0 Å². The smallest absolute Gasteiger partial charge is 0.338 e. The molecule has 0 saturated carbocycles. The maximum absolute atomic E-state index is 12.8. The second-order valence-corrected chi connectivity index (χ2v) is 7.89. The SMILES string of the molecule is Cc1ccc(-c2nnc(C(C)OC(=O)c3ccc4c(c3)nc(C)n4-c3ccccc3)o2)cc1. The molecule has 0 aliphatic heterocycles. The highest BCUT2D eigenvalue weighted by atomic mass is 16.6. The molecule has 0 fully saturated rings. The normalized spacial score (nSPS) is 12.1. The molecule has 7 heteroatoms. The van der Waals surface area contributed by atoms with Crippen LogP contribution in [-0.2, 0) is 4.74 Å². The molecule has 33 heavy (non-hydrogen) atoms. The number of hydrogen-bond donors (Lipinski definition) is 0.